The fourth-order valence-electron chi connectivity index (χ4n) is 1.88. The van der Waals surface area contributed by atoms with Gasteiger partial charge in [0.05, 0.1) is 14.2 Å². The van der Waals surface area contributed by atoms with E-state index < -0.39 is 0 Å². The number of hydrogen-bond donors (Lipinski definition) is 0. The molecule has 0 saturated carbocycles. The van der Waals surface area contributed by atoms with Crippen LogP contribution in [0, 0.1) is 0 Å². The first-order valence-corrected chi connectivity index (χ1v) is 6.15. The van der Waals surface area contributed by atoms with Crippen LogP contribution in [0.3, 0.4) is 0 Å². The van der Waals surface area contributed by atoms with Crippen molar-refractivity contribution in [1.82, 2.24) is 0 Å². The third-order valence-corrected chi connectivity index (χ3v) is 2.85. The number of ketones is 1. The summed E-state index contributed by atoms with van der Waals surface area (Å²) in [4.78, 5) is 11.8. The number of Topliss-reactive ketones (excluding diaryl/α,β-unsaturated/α-hetero) is 1. The predicted octanol–water partition coefficient (Wildman–Crippen LogP) is 3.70. The zero-order valence-corrected chi connectivity index (χ0v) is 11.7. The normalized spacial score (nSPS) is 9.95. The van der Waals surface area contributed by atoms with Crippen molar-refractivity contribution in [3.63, 3.8) is 0 Å². The molecule has 0 saturated heterocycles. The van der Waals surface area contributed by atoms with Gasteiger partial charge in [0.15, 0.2) is 5.78 Å². The Morgan fingerprint density at radius 1 is 0.850 bits per heavy atom. The molecule has 2 aromatic carbocycles. The third-order valence-electron chi connectivity index (χ3n) is 2.85. The second-order valence-electron chi connectivity index (χ2n) is 4.17. The van der Waals surface area contributed by atoms with Crippen LogP contribution in [0.25, 0.3) is 0 Å². The van der Waals surface area contributed by atoms with Crippen molar-refractivity contribution in [2.75, 3.05) is 14.2 Å². The minimum absolute atomic E-state index is 0.106. The predicted molar refractivity (Wildman–Crippen MR) is 76.1 cm³/mol. The lowest BCUT2D eigenvalue weighted by Crippen LogP contribution is -2.00. The molecule has 0 radical (unpaired) electrons. The Kier molecular flexibility index (Phi) is 4.25. The van der Waals surface area contributed by atoms with Crippen molar-refractivity contribution >= 4 is 5.78 Å². The molecule has 4 nitrogen and oxygen atoms in total. The average Bonchev–Trinajstić information content (AvgIpc) is 2.47. The molecule has 0 N–H and O–H groups in total. The van der Waals surface area contributed by atoms with Gasteiger partial charge in [-0.3, -0.25) is 4.79 Å². The number of carbonyl (C=O) groups excluding carboxylic acids is 1. The van der Waals surface area contributed by atoms with E-state index in [4.69, 9.17) is 14.2 Å². The lowest BCUT2D eigenvalue weighted by atomic mass is 10.1. The second-order valence-corrected chi connectivity index (χ2v) is 4.17. The van der Waals surface area contributed by atoms with Crippen LogP contribution in [0.15, 0.2) is 42.5 Å². The van der Waals surface area contributed by atoms with Crippen LogP contribution in [0.5, 0.6) is 23.0 Å². The van der Waals surface area contributed by atoms with E-state index in [0.717, 1.165) is 5.75 Å². The molecule has 0 aromatic heterocycles. The largest absolute Gasteiger partial charge is 0.497 e. The number of rotatable bonds is 5. The highest BCUT2D eigenvalue weighted by atomic mass is 16.5. The lowest BCUT2D eigenvalue weighted by Gasteiger charge is -2.12. The van der Waals surface area contributed by atoms with Gasteiger partial charge in [-0.15, -0.1) is 0 Å². The van der Waals surface area contributed by atoms with Gasteiger partial charge in [0.2, 0.25) is 0 Å². The van der Waals surface area contributed by atoms with Crippen LogP contribution in [0.1, 0.15) is 17.3 Å². The summed E-state index contributed by atoms with van der Waals surface area (Å²) in [7, 11) is 3.13. The quantitative estimate of drug-likeness (QED) is 0.778. The molecule has 104 valence electrons. The maximum absolute atomic E-state index is 11.8. The number of benzene rings is 2. The van der Waals surface area contributed by atoms with Crippen molar-refractivity contribution in [2.24, 2.45) is 0 Å². The van der Waals surface area contributed by atoms with Crippen LogP contribution in [-0.4, -0.2) is 20.0 Å². The molecule has 20 heavy (non-hydrogen) atoms. The molecule has 0 bridgehead atoms. The van der Waals surface area contributed by atoms with Crippen molar-refractivity contribution in [1.29, 1.82) is 0 Å². The standard InChI is InChI=1S/C16H16O4/c1-11(17)16-14(19-3)5-4-6-15(16)20-13-9-7-12(18-2)8-10-13/h4-10H,1-3H3. The van der Waals surface area contributed by atoms with Crippen molar-refractivity contribution in [3.8, 4) is 23.0 Å². The monoisotopic (exact) mass is 272 g/mol. The molecule has 4 heteroatoms. The fourth-order valence-corrected chi connectivity index (χ4v) is 1.88. The van der Waals surface area contributed by atoms with E-state index in [0.29, 0.717) is 22.8 Å². The van der Waals surface area contributed by atoms with Gasteiger partial charge in [0.1, 0.15) is 28.6 Å². The van der Waals surface area contributed by atoms with Crippen molar-refractivity contribution < 1.29 is 19.0 Å². The number of ether oxygens (including phenoxy) is 3. The van der Waals surface area contributed by atoms with Gasteiger partial charge in [0, 0.05) is 0 Å². The van der Waals surface area contributed by atoms with Gasteiger partial charge in [-0.2, -0.15) is 0 Å². The first kappa shape index (κ1) is 13.9. The smallest absolute Gasteiger partial charge is 0.167 e. The Morgan fingerprint density at radius 3 is 2.00 bits per heavy atom. The van der Waals surface area contributed by atoms with Crippen LogP contribution in [0.4, 0.5) is 0 Å². The highest BCUT2D eigenvalue weighted by molar-refractivity contribution is 5.99. The maximum Gasteiger partial charge on any atom is 0.167 e. The Bertz CT molecular complexity index is 602. The van der Waals surface area contributed by atoms with E-state index in [1.165, 1.54) is 14.0 Å². The fraction of sp³-hybridized carbons (Fsp3) is 0.188. The Hall–Kier alpha value is -2.49. The lowest BCUT2D eigenvalue weighted by molar-refractivity contribution is 0.101. The summed E-state index contributed by atoms with van der Waals surface area (Å²) in [5, 5.41) is 0. The maximum atomic E-state index is 11.8. The zero-order chi connectivity index (χ0) is 14.5. The van der Waals surface area contributed by atoms with Crippen molar-refractivity contribution in [2.45, 2.75) is 6.92 Å². The molecule has 0 aliphatic heterocycles. The van der Waals surface area contributed by atoms with Crippen LogP contribution >= 0.6 is 0 Å². The summed E-state index contributed by atoms with van der Waals surface area (Å²) in [5.74, 6) is 2.24. The van der Waals surface area contributed by atoms with E-state index in [2.05, 4.69) is 0 Å². The summed E-state index contributed by atoms with van der Waals surface area (Å²) in [6.07, 6.45) is 0. The number of hydrogen-bond acceptors (Lipinski definition) is 4. The van der Waals surface area contributed by atoms with E-state index in [1.54, 1.807) is 49.6 Å². The summed E-state index contributed by atoms with van der Waals surface area (Å²) in [6.45, 7) is 1.48. The molecule has 2 aromatic rings. The molecule has 0 amide bonds. The third kappa shape index (κ3) is 2.91. The topological polar surface area (TPSA) is 44.8 Å². The molecular weight excluding hydrogens is 256 g/mol. The first-order valence-electron chi connectivity index (χ1n) is 6.15. The minimum atomic E-state index is -0.106. The first-order chi connectivity index (χ1) is 9.65. The number of carbonyl (C=O) groups is 1. The van der Waals surface area contributed by atoms with Gasteiger partial charge in [0.25, 0.3) is 0 Å². The van der Waals surface area contributed by atoms with Crippen LogP contribution < -0.4 is 14.2 Å². The van der Waals surface area contributed by atoms with Gasteiger partial charge >= 0.3 is 0 Å². The Balaban J connectivity index is 2.34. The van der Waals surface area contributed by atoms with Crippen molar-refractivity contribution in [3.05, 3.63) is 48.0 Å². The van der Waals surface area contributed by atoms with Crippen LogP contribution in [0.2, 0.25) is 0 Å². The second kappa shape index (κ2) is 6.10. The van der Waals surface area contributed by atoms with E-state index in [-0.39, 0.29) is 5.78 Å². The van der Waals surface area contributed by atoms with Gasteiger partial charge in [-0.25, -0.2) is 0 Å². The summed E-state index contributed by atoms with van der Waals surface area (Å²) in [5.41, 5.74) is 0.436. The molecule has 0 heterocycles. The molecule has 0 spiro atoms. The Labute approximate surface area is 117 Å². The average molecular weight is 272 g/mol. The van der Waals surface area contributed by atoms with Gasteiger partial charge in [-0.1, -0.05) is 6.07 Å². The molecule has 0 aliphatic rings. The van der Waals surface area contributed by atoms with E-state index >= 15 is 0 Å². The van der Waals surface area contributed by atoms with Gasteiger partial charge in [-0.05, 0) is 43.3 Å². The molecule has 0 aliphatic carbocycles. The highest BCUT2D eigenvalue weighted by Crippen LogP contribution is 2.32. The zero-order valence-electron chi connectivity index (χ0n) is 11.7. The van der Waals surface area contributed by atoms with Gasteiger partial charge < -0.3 is 14.2 Å². The summed E-state index contributed by atoms with van der Waals surface area (Å²) < 4.78 is 16.0. The molecule has 2 rings (SSSR count). The SMILES string of the molecule is COc1ccc(Oc2cccc(OC)c2C(C)=O)cc1. The summed E-state index contributed by atoms with van der Waals surface area (Å²) >= 11 is 0. The van der Waals surface area contributed by atoms with Crippen LogP contribution in [-0.2, 0) is 0 Å². The van der Waals surface area contributed by atoms with E-state index in [1.807, 2.05) is 0 Å². The number of methoxy groups -OCH3 is 2. The highest BCUT2D eigenvalue weighted by Gasteiger charge is 2.15. The molecule has 0 atom stereocenters. The Morgan fingerprint density at radius 2 is 1.45 bits per heavy atom. The minimum Gasteiger partial charge on any atom is -0.497 e. The molecule has 0 fully saturated rings. The van der Waals surface area contributed by atoms with E-state index in [9.17, 15) is 4.79 Å². The molecular formula is C16H16O4. The molecule has 0 unspecified atom stereocenters. The summed E-state index contributed by atoms with van der Waals surface area (Å²) in [6, 6.07) is 12.4.